The first kappa shape index (κ1) is 10.7. The van der Waals surface area contributed by atoms with Crippen LogP contribution in [0, 0.1) is 6.92 Å². The van der Waals surface area contributed by atoms with E-state index < -0.39 is 0 Å². The van der Waals surface area contributed by atoms with Crippen LogP contribution in [-0.2, 0) is 6.42 Å². The summed E-state index contributed by atoms with van der Waals surface area (Å²) in [5, 5.41) is 0. The van der Waals surface area contributed by atoms with Gasteiger partial charge in [0.15, 0.2) is 0 Å². The van der Waals surface area contributed by atoms with Gasteiger partial charge in [0.2, 0.25) is 0 Å². The van der Waals surface area contributed by atoms with E-state index in [2.05, 4.69) is 67.7 Å². The van der Waals surface area contributed by atoms with Crippen LogP contribution in [-0.4, -0.2) is 0 Å². The molecule has 0 aliphatic rings. The molecule has 1 rings (SSSR count). The Morgan fingerprint density at radius 2 is 1.75 bits per heavy atom. The second kappa shape index (κ2) is 4.25. The Labute approximate surface area is 98.1 Å². The Kier molecular flexibility index (Phi) is 3.80. The quantitative estimate of drug-likeness (QED) is 0.675. The predicted molar refractivity (Wildman–Crippen MR) is 63.7 cm³/mol. The zero-order valence-corrected chi connectivity index (χ0v) is 11.7. The van der Waals surface area contributed by atoms with Crippen LogP contribution in [0.2, 0.25) is 0 Å². The molecule has 66 valence electrons. The van der Waals surface area contributed by atoms with Gasteiger partial charge in [-0.3, -0.25) is 0 Å². The fraction of sp³-hybridized carbons (Fsp3) is 0.333. The van der Waals surface area contributed by atoms with Crippen molar-refractivity contribution in [3.63, 3.8) is 0 Å². The molecular formula is C9H9Br3. The van der Waals surface area contributed by atoms with E-state index in [1.165, 1.54) is 15.6 Å². The van der Waals surface area contributed by atoms with Gasteiger partial charge in [0.25, 0.3) is 0 Å². The molecule has 0 N–H and O–H groups in total. The van der Waals surface area contributed by atoms with E-state index in [0.29, 0.717) is 0 Å². The molecule has 0 spiro atoms. The number of hydrogen-bond acceptors (Lipinski definition) is 0. The van der Waals surface area contributed by atoms with E-state index >= 15 is 0 Å². The Hall–Kier alpha value is 0.660. The number of halogens is 3. The largest absolute Gasteiger partial charge is 0.0612 e. The molecule has 0 saturated heterocycles. The lowest BCUT2D eigenvalue weighted by Crippen LogP contribution is -1.89. The molecule has 0 aromatic heterocycles. The van der Waals surface area contributed by atoms with Crippen LogP contribution in [0.15, 0.2) is 19.5 Å². The van der Waals surface area contributed by atoms with Gasteiger partial charge < -0.3 is 0 Å². The van der Waals surface area contributed by atoms with E-state index in [1.807, 2.05) is 0 Å². The zero-order chi connectivity index (χ0) is 9.30. The second-order valence-electron chi connectivity index (χ2n) is 2.61. The van der Waals surface area contributed by atoms with Gasteiger partial charge in [-0.25, -0.2) is 0 Å². The van der Waals surface area contributed by atoms with Gasteiger partial charge in [-0.1, -0.05) is 54.7 Å². The molecule has 0 amide bonds. The first-order valence-electron chi connectivity index (χ1n) is 3.70. The Morgan fingerprint density at radius 1 is 1.17 bits per heavy atom. The highest BCUT2D eigenvalue weighted by Crippen LogP contribution is 2.34. The molecule has 1 aromatic carbocycles. The maximum Gasteiger partial charge on any atom is 0.0258 e. The van der Waals surface area contributed by atoms with E-state index in [-0.39, 0.29) is 0 Å². The Morgan fingerprint density at radius 3 is 2.25 bits per heavy atom. The summed E-state index contributed by atoms with van der Waals surface area (Å²) in [4.78, 5) is 0. The first-order valence-corrected chi connectivity index (χ1v) is 6.08. The number of benzene rings is 1. The van der Waals surface area contributed by atoms with Crippen molar-refractivity contribution in [1.29, 1.82) is 0 Å². The molecule has 12 heavy (non-hydrogen) atoms. The van der Waals surface area contributed by atoms with Crippen LogP contribution in [0.3, 0.4) is 0 Å². The standard InChI is InChI=1S/C9H9Br3/c1-3-6-8(11)4-7(10)5(2)9(6)12/h4H,3H2,1-2H3. The highest BCUT2D eigenvalue weighted by molar-refractivity contribution is 9.11. The third kappa shape index (κ3) is 1.94. The minimum absolute atomic E-state index is 1.04. The average molecular weight is 357 g/mol. The summed E-state index contributed by atoms with van der Waals surface area (Å²) in [6.07, 6.45) is 1.04. The number of hydrogen-bond donors (Lipinski definition) is 0. The Balaban J connectivity index is 3.40. The van der Waals surface area contributed by atoms with Crippen LogP contribution in [0.5, 0.6) is 0 Å². The van der Waals surface area contributed by atoms with Gasteiger partial charge in [-0.05, 0) is 30.5 Å². The second-order valence-corrected chi connectivity index (χ2v) is 5.11. The molecule has 3 heteroatoms. The zero-order valence-electron chi connectivity index (χ0n) is 6.92. The normalized spacial score (nSPS) is 10.4. The van der Waals surface area contributed by atoms with E-state index in [9.17, 15) is 0 Å². The average Bonchev–Trinajstić information content (AvgIpc) is 2.01. The third-order valence-corrected chi connectivity index (χ3v) is 4.45. The molecule has 0 heterocycles. The summed E-state index contributed by atoms with van der Waals surface area (Å²) in [5.41, 5.74) is 2.59. The molecule has 0 bridgehead atoms. The van der Waals surface area contributed by atoms with Crippen molar-refractivity contribution in [3.05, 3.63) is 30.6 Å². The maximum atomic E-state index is 3.58. The van der Waals surface area contributed by atoms with Crippen LogP contribution >= 0.6 is 47.8 Å². The lowest BCUT2D eigenvalue weighted by atomic mass is 10.1. The Bertz CT molecular complexity index is 305. The van der Waals surface area contributed by atoms with Gasteiger partial charge in [-0.15, -0.1) is 0 Å². The summed E-state index contributed by atoms with van der Waals surface area (Å²) in [7, 11) is 0. The summed E-state index contributed by atoms with van der Waals surface area (Å²) in [6, 6.07) is 2.10. The summed E-state index contributed by atoms with van der Waals surface area (Å²) in [6.45, 7) is 4.25. The van der Waals surface area contributed by atoms with Crippen molar-refractivity contribution >= 4 is 47.8 Å². The van der Waals surface area contributed by atoms with Gasteiger partial charge in [0.05, 0.1) is 0 Å². The van der Waals surface area contributed by atoms with Crippen LogP contribution in [0.1, 0.15) is 18.1 Å². The van der Waals surface area contributed by atoms with Gasteiger partial charge in [-0.2, -0.15) is 0 Å². The minimum Gasteiger partial charge on any atom is -0.0612 e. The summed E-state index contributed by atoms with van der Waals surface area (Å²) < 4.78 is 3.50. The van der Waals surface area contributed by atoms with Crippen molar-refractivity contribution in [2.75, 3.05) is 0 Å². The molecule has 1 aromatic rings. The van der Waals surface area contributed by atoms with Gasteiger partial charge >= 0.3 is 0 Å². The molecular weight excluding hydrogens is 348 g/mol. The van der Waals surface area contributed by atoms with Crippen molar-refractivity contribution in [3.8, 4) is 0 Å². The fourth-order valence-corrected chi connectivity index (χ4v) is 3.75. The van der Waals surface area contributed by atoms with Crippen LogP contribution in [0.25, 0.3) is 0 Å². The van der Waals surface area contributed by atoms with Crippen molar-refractivity contribution in [1.82, 2.24) is 0 Å². The molecule has 0 saturated carbocycles. The molecule has 0 nitrogen and oxygen atoms in total. The molecule has 0 unspecified atom stereocenters. The minimum atomic E-state index is 1.04. The van der Waals surface area contributed by atoms with E-state index in [4.69, 9.17) is 0 Å². The maximum absolute atomic E-state index is 3.58. The van der Waals surface area contributed by atoms with E-state index in [0.717, 1.165) is 15.4 Å². The predicted octanol–water partition coefficient (Wildman–Crippen LogP) is 4.84. The van der Waals surface area contributed by atoms with Crippen LogP contribution < -0.4 is 0 Å². The lowest BCUT2D eigenvalue weighted by molar-refractivity contribution is 1.10. The third-order valence-electron chi connectivity index (χ3n) is 1.85. The topological polar surface area (TPSA) is 0 Å². The van der Waals surface area contributed by atoms with Gasteiger partial charge in [0, 0.05) is 13.4 Å². The molecule has 0 atom stereocenters. The lowest BCUT2D eigenvalue weighted by Gasteiger charge is -2.09. The highest BCUT2D eigenvalue weighted by Gasteiger charge is 2.08. The molecule has 0 fully saturated rings. The van der Waals surface area contributed by atoms with Crippen molar-refractivity contribution in [2.45, 2.75) is 20.3 Å². The van der Waals surface area contributed by atoms with E-state index in [1.54, 1.807) is 0 Å². The fourth-order valence-electron chi connectivity index (χ4n) is 1.07. The first-order chi connectivity index (χ1) is 5.57. The van der Waals surface area contributed by atoms with Gasteiger partial charge in [0.1, 0.15) is 0 Å². The van der Waals surface area contributed by atoms with Crippen LogP contribution in [0.4, 0.5) is 0 Å². The van der Waals surface area contributed by atoms with Crippen molar-refractivity contribution in [2.24, 2.45) is 0 Å². The summed E-state index contributed by atoms with van der Waals surface area (Å²) in [5.74, 6) is 0. The molecule has 0 aliphatic carbocycles. The SMILES string of the molecule is CCc1c(Br)cc(Br)c(C)c1Br. The van der Waals surface area contributed by atoms with Crippen molar-refractivity contribution < 1.29 is 0 Å². The smallest absolute Gasteiger partial charge is 0.0258 e. The highest BCUT2D eigenvalue weighted by atomic mass is 79.9. The summed E-state index contributed by atoms with van der Waals surface area (Å²) >= 11 is 10.6. The monoisotopic (exact) mass is 354 g/mol. The number of rotatable bonds is 1. The molecule has 0 radical (unpaired) electrons. The molecule has 0 aliphatic heterocycles.